The van der Waals surface area contributed by atoms with Gasteiger partial charge in [-0.15, -0.1) is 0 Å². The Morgan fingerprint density at radius 2 is 1.93 bits per heavy atom. The van der Waals surface area contributed by atoms with Gasteiger partial charge in [-0.05, 0) is 25.2 Å². The highest BCUT2D eigenvalue weighted by Gasteiger charge is 2.49. The number of hydrogen-bond donors (Lipinski definition) is 0. The van der Waals surface area contributed by atoms with Crippen molar-refractivity contribution < 1.29 is 4.79 Å². The monoisotopic (exact) mass is 388 g/mol. The topological polar surface area (TPSA) is 17.1 Å². The second-order valence-electron chi connectivity index (χ2n) is 4.45. The van der Waals surface area contributed by atoms with Crippen LogP contribution < -0.4 is 0 Å². The first-order valence-corrected chi connectivity index (χ1v) is 7.42. The van der Waals surface area contributed by atoms with Crippen LogP contribution >= 0.6 is 47.8 Å². The summed E-state index contributed by atoms with van der Waals surface area (Å²) in [6.07, 6.45) is 1.03. The van der Waals surface area contributed by atoms with Crippen LogP contribution in [0.1, 0.15) is 27.2 Å². The van der Waals surface area contributed by atoms with Crippen molar-refractivity contribution in [3.63, 3.8) is 0 Å². The highest BCUT2D eigenvalue weighted by Crippen LogP contribution is 2.44. The molecule has 0 bridgehead atoms. The van der Waals surface area contributed by atoms with Gasteiger partial charge in [0.05, 0.1) is 9.15 Å². The third kappa shape index (κ3) is 2.27. The average Bonchev–Trinajstić information content (AvgIpc) is 2.08. The summed E-state index contributed by atoms with van der Waals surface area (Å²) < 4.78 is -0.424. The Labute approximate surface area is 111 Å². The molecule has 1 aliphatic rings. The van der Waals surface area contributed by atoms with Gasteiger partial charge >= 0.3 is 0 Å². The lowest BCUT2D eigenvalue weighted by molar-refractivity contribution is -0.122. The van der Waals surface area contributed by atoms with Crippen molar-refractivity contribution in [2.24, 2.45) is 11.8 Å². The van der Waals surface area contributed by atoms with E-state index in [1.165, 1.54) is 0 Å². The number of rotatable bonds is 1. The lowest BCUT2D eigenvalue weighted by Crippen LogP contribution is -2.51. The molecule has 1 rings (SSSR count). The summed E-state index contributed by atoms with van der Waals surface area (Å²) in [4.78, 5) is 12.3. The largest absolute Gasteiger partial charge is 0.297 e. The Bertz CT molecular complexity index is 238. The van der Waals surface area contributed by atoms with E-state index >= 15 is 0 Å². The molecule has 0 radical (unpaired) electrons. The molecule has 0 N–H and O–H groups in total. The zero-order chi connectivity index (χ0) is 11.1. The van der Waals surface area contributed by atoms with E-state index < -0.39 is 4.32 Å². The zero-order valence-electron chi connectivity index (χ0n) is 8.56. The van der Waals surface area contributed by atoms with Crippen LogP contribution in [-0.4, -0.2) is 19.8 Å². The Morgan fingerprint density at radius 1 is 1.43 bits per heavy atom. The van der Waals surface area contributed by atoms with Crippen LogP contribution in [0.4, 0.5) is 0 Å². The Balaban J connectivity index is 2.90. The third-order valence-electron chi connectivity index (χ3n) is 3.03. The molecule has 0 aromatic heterocycles. The Morgan fingerprint density at radius 3 is 2.36 bits per heavy atom. The van der Waals surface area contributed by atoms with Gasteiger partial charge in [0.25, 0.3) is 0 Å². The fraction of sp³-hybridized carbons (Fsp3) is 0.900. The summed E-state index contributed by atoms with van der Waals surface area (Å²) in [5.74, 6) is 1.22. The van der Waals surface area contributed by atoms with E-state index in [1.807, 2.05) is 6.92 Å². The molecule has 0 aromatic carbocycles. The first-order chi connectivity index (χ1) is 6.28. The molecule has 14 heavy (non-hydrogen) atoms. The smallest absolute Gasteiger partial charge is 0.164 e. The van der Waals surface area contributed by atoms with E-state index in [-0.39, 0.29) is 15.4 Å². The maximum absolute atomic E-state index is 12.0. The number of ketones is 1. The molecular weight excluding hydrogens is 376 g/mol. The molecule has 1 aliphatic carbocycles. The van der Waals surface area contributed by atoms with Crippen molar-refractivity contribution in [1.29, 1.82) is 0 Å². The van der Waals surface area contributed by atoms with Gasteiger partial charge in [-0.25, -0.2) is 0 Å². The first kappa shape index (κ1) is 13.2. The molecule has 0 aromatic rings. The second-order valence-corrected chi connectivity index (χ2v) is 8.19. The highest BCUT2D eigenvalue weighted by molar-refractivity contribution is 9.13. The maximum atomic E-state index is 12.0. The van der Waals surface area contributed by atoms with E-state index in [9.17, 15) is 4.79 Å². The van der Waals surface area contributed by atoms with Gasteiger partial charge in [0.2, 0.25) is 0 Å². The van der Waals surface area contributed by atoms with Crippen LogP contribution in [-0.2, 0) is 4.79 Å². The summed E-state index contributed by atoms with van der Waals surface area (Å²) in [7, 11) is 0. The quantitative estimate of drug-likeness (QED) is 0.620. The number of carbonyl (C=O) groups excluding carboxylic acids is 1. The molecule has 0 saturated heterocycles. The molecule has 0 aliphatic heterocycles. The SMILES string of the molecule is CC(C)[C@@H]1C[C@H](Br)[C@](C)(Br)C(=O)[C@H]1Br. The summed E-state index contributed by atoms with van der Waals surface area (Å²) in [5.41, 5.74) is 0. The molecule has 0 unspecified atom stereocenters. The normalized spacial score (nSPS) is 44.5. The predicted molar refractivity (Wildman–Crippen MR) is 70.7 cm³/mol. The average molecular weight is 391 g/mol. The van der Waals surface area contributed by atoms with Crippen molar-refractivity contribution in [2.75, 3.05) is 0 Å². The van der Waals surface area contributed by atoms with Gasteiger partial charge < -0.3 is 0 Å². The number of alkyl halides is 3. The van der Waals surface area contributed by atoms with Gasteiger partial charge in [-0.3, -0.25) is 4.79 Å². The maximum Gasteiger partial charge on any atom is 0.164 e. The Hall–Kier alpha value is 1.11. The van der Waals surface area contributed by atoms with E-state index in [0.717, 1.165) is 6.42 Å². The predicted octanol–water partition coefficient (Wildman–Crippen LogP) is 3.91. The molecule has 4 atom stereocenters. The fourth-order valence-corrected chi connectivity index (χ4v) is 4.51. The Kier molecular flexibility index (Phi) is 4.27. The summed E-state index contributed by atoms with van der Waals surface area (Å²) in [6, 6.07) is 0. The summed E-state index contributed by atoms with van der Waals surface area (Å²) >= 11 is 10.6. The van der Waals surface area contributed by atoms with Crippen LogP contribution in [0.5, 0.6) is 0 Å². The first-order valence-electron chi connectivity index (χ1n) is 4.79. The lowest BCUT2D eigenvalue weighted by Gasteiger charge is -2.41. The van der Waals surface area contributed by atoms with Crippen molar-refractivity contribution in [1.82, 2.24) is 0 Å². The van der Waals surface area contributed by atoms with Crippen LogP contribution in [0.15, 0.2) is 0 Å². The number of halogens is 3. The van der Waals surface area contributed by atoms with Crippen molar-refractivity contribution in [3.8, 4) is 0 Å². The summed E-state index contributed by atoms with van der Waals surface area (Å²) in [6.45, 7) is 6.28. The molecule has 4 heteroatoms. The van der Waals surface area contributed by atoms with Gasteiger partial charge in [-0.1, -0.05) is 61.6 Å². The molecule has 1 fully saturated rings. The van der Waals surface area contributed by atoms with Gasteiger partial charge in [-0.2, -0.15) is 0 Å². The van der Waals surface area contributed by atoms with E-state index in [4.69, 9.17) is 0 Å². The number of carbonyl (C=O) groups is 1. The number of Topliss-reactive ketones (excluding diaryl/α,β-unsaturated/α-hetero) is 1. The number of hydrogen-bond acceptors (Lipinski definition) is 1. The van der Waals surface area contributed by atoms with E-state index in [0.29, 0.717) is 11.8 Å². The zero-order valence-corrected chi connectivity index (χ0v) is 13.3. The molecule has 0 heterocycles. The molecule has 1 nitrogen and oxygen atoms in total. The highest BCUT2D eigenvalue weighted by atomic mass is 79.9. The van der Waals surface area contributed by atoms with Crippen LogP contribution in [0.2, 0.25) is 0 Å². The van der Waals surface area contributed by atoms with E-state index in [1.54, 1.807) is 0 Å². The van der Waals surface area contributed by atoms with Crippen LogP contribution in [0, 0.1) is 11.8 Å². The molecule has 0 amide bonds. The minimum absolute atomic E-state index is 0.0133. The van der Waals surface area contributed by atoms with Gasteiger partial charge in [0.1, 0.15) is 0 Å². The molecule has 82 valence electrons. The van der Waals surface area contributed by atoms with Crippen molar-refractivity contribution in [2.45, 2.75) is 41.2 Å². The lowest BCUT2D eigenvalue weighted by atomic mass is 9.76. The third-order valence-corrected chi connectivity index (χ3v) is 6.97. The minimum Gasteiger partial charge on any atom is -0.297 e. The molecular formula is C10H15Br3O. The van der Waals surface area contributed by atoms with Crippen molar-refractivity contribution >= 4 is 53.6 Å². The van der Waals surface area contributed by atoms with Gasteiger partial charge in [0.15, 0.2) is 5.78 Å². The molecule has 0 spiro atoms. The van der Waals surface area contributed by atoms with Crippen molar-refractivity contribution in [3.05, 3.63) is 0 Å². The van der Waals surface area contributed by atoms with E-state index in [2.05, 4.69) is 61.6 Å². The van der Waals surface area contributed by atoms with Crippen LogP contribution in [0.3, 0.4) is 0 Å². The van der Waals surface area contributed by atoms with Gasteiger partial charge in [0, 0.05) is 4.83 Å². The minimum atomic E-state index is -0.424. The molecule has 1 saturated carbocycles. The summed E-state index contributed by atoms with van der Waals surface area (Å²) in [5, 5.41) is 0. The second kappa shape index (κ2) is 4.54. The fourth-order valence-electron chi connectivity index (χ4n) is 1.81. The van der Waals surface area contributed by atoms with Crippen LogP contribution in [0.25, 0.3) is 0 Å². The standard InChI is InChI=1S/C10H15Br3O/c1-5(2)6-4-7(11)10(3,13)9(14)8(6)12/h5-8H,4H2,1-3H3/t6-,7-,8-,10-/m0/s1.